The Morgan fingerprint density at radius 1 is 1.80 bits per heavy atom. The molecule has 0 bridgehead atoms. The standard InChI is InChI=1S/C6H12FNO2/c1-6(2,3-8)4(7)5(9)10/h4H,3,8H2,1-2H3,(H,9,10). The number of carboxylic acids is 1. The molecule has 0 heterocycles. The number of rotatable bonds is 3. The lowest BCUT2D eigenvalue weighted by Crippen LogP contribution is -2.38. The van der Waals surface area contributed by atoms with Crippen molar-refractivity contribution in [3.05, 3.63) is 0 Å². The number of alkyl halides is 1. The summed E-state index contributed by atoms with van der Waals surface area (Å²) in [5.74, 6) is -1.45. The van der Waals surface area contributed by atoms with Crippen LogP contribution < -0.4 is 5.73 Å². The number of halogens is 1. The average Bonchev–Trinajstić information content (AvgIpc) is 1.86. The van der Waals surface area contributed by atoms with Gasteiger partial charge in [0.2, 0.25) is 6.17 Å². The highest BCUT2D eigenvalue weighted by molar-refractivity contribution is 5.73. The molecule has 60 valence electrons. The molecule has 0 aromatic heterocycles. The van der Waals surface area contributed by atoms with Gasteiger partial charge in [0.15, 0.2) is 0 Å². The topological polar surface area (TPSA) is 63.3 Å². The van der Waals surface area contributed by atoms with Crippen LogP contribution in [0.3, 0.4) is 0 Å². The van der Waals surface area contributed by atoms with Crippen LogP contribution in [0, 0.1) is 5.41 Å². The zero-order valence-electron chi connectivity index (χ0n) is 6.10. The van der Waals surface area contributed by atoms with Crippen molar-refractivity contribution < 1.29 is 14.3 Å². The van der Waals surface area contributed by atoms with Gasteiger partial charge in [-0.05, 0) is 0 Å². The molecule has 4 heteroatoms. The number of hydrogen-bond donors (Lipinski definition) is 2. The van der Waals surface area contributed by atoms with Gasteiger partial charge in [-0.1, -0.05) is 13.8 Å². The van der Waals surface area contributed by atoms with Gasteiger partial charge >= 0.3 is 5.97 Å². The minimum absolute atomic E-state index is 0.0282. The summed E-state index contributed by atoms with van der Waals surface area (Å²) in [5, 5.41) is 8.22. The van der Waals surface area contributed by atoms with Crippen LogP contribution in [-0.2, 0) is 4.79 Å². The maximum absolute atomic E-state index is 12.6. The Morgan fingerprint density at radius 3 is 2.30 bits per heavy atom. The van der Waals surface area contributed by atoms with E-state index in [9.17, 15) is 9.18 Å². The summed E-state index contributed by atoms with van der Waals surface area (Å²) in [5.41, 5.74) is 4.18. The van der Waals surface area contributed by atoms with Crippen molar-refractivity contribution >= 4 is 5.97 Å². The summed E-state index contributed by atoms with van der Waals surface area (Å²) in [6.45, 7) is 2.98. The van der Waals surface area contributed by atoms with Gasteiger partial charge in [0.05, 0.1) is 0 Å². The Labute approximate surface area is 59.0 Å². The van der Waals surface area contributed by atoms with Crippen LogP contribution in [0.4, 0.5) is 4.39 Å². The van der Waals surface area contributed by atoms with Crippen molar-refractivity contribution in [2.24, 2.45) is 11.1 Å². The van der Waals surface area contributed by atoms with E-state index in [4.69, 9.17) is 10.8 Å². The fourth-order valence-corrected chi connectivity index (χ4v) is 0.438. The molecule has 3 nitrogen and oxygen atoms in total. The van der Waals surface area contributed by atoms with E-state index >= 15 is 0 Å². The number of hydrogen-bond acceptors (Lipinski definition) is 2. The molecule has 3 N–H and O–H groups in total. The molecule has 10 heavy (non-hydrogen) atoms. The molecule has 0 aromatic carbocycles. The molecule has 0 spiro atoms. The average molecular weight is 149 g/mol. The van der Waals surface area contributed by atoms with Crippen LogP contribution in [0.5, 0.6) is 0 Å². The zero-order chi connectivity index (χ0) is 8.36. The lowest BCUT2D eigenvalue weighted by molar-refractivity contribution is -0.147. The lowest BCUT2D eigenvalue weighted by atomic mass is 9.88. The first-order valence-electron chi connectivity index (χ1n) is 2.99. The van der Waals surface area contributed by atoms with Crippen molar-refractivity contribution in [3.8, 4) is 0 Å². The second kappa shape index (κ2) is 2.96. The first kappa shape index (κ1) is 9.36. The van der Waals surface area contributed by atoms with Gasteiger partial charge in [-0.15, -0.1) is 0 Å². The monoisotopic (exact) mass is 149 g/mol. The van der Waals surface area contributed by atoms with Crippen LogP contribution in [0.25, 0.3) is 0 Å². The third-order valence-electron chi connectivity index (χ3n) is 1.43. The zero-order valence-corrected chi connectivity index (χ0v) is 6.10. The molecular formula is C6H12FNO2. The number of carboxylic acid groups (broad SMARTS) is 1. The van der Waals surface area contributed by atoms with Gasteiger partial charge < -0.3 is 10.8 Å². The number of nitrogens with two attached hydrogens (primary N) is 1. The third-order valence-corrected chi connectivity index (χ3v) is 1.43. The molecule has 0 fully saturated rings. The highest BCUT2D eigenvalue weighted by atomic mass is 19.1. The van der Waals surface area contributed by atoms with E-state index in [1.54, 1.807) is 0 Å². The number of aliphatic carboxylic acids is 1. The minimum Gasteiger partial charge on any atom is -0.479 e. The summed E-state index contributed by atoms with van der Waals surface area (Å²) in [6.07, 6.45) is -1.88. The van der Waals surface area contributed by atoms with E-state index in [0.29, 0.717) is 0 Å². The smallest absolute Gasteiger partial charge is 0.338 e. The van der Waals surface area contributed by atoms with Gasteiger partial charge in [0.25, 0.3) is 0 Å². The molecule has 0 saturated heterocycles. The van der Waals surface area contributed by atoms with Crippen LogP contribution in [0.1, 0.15) is 13.8 Å². The van der Waals surface area contributed by atoms with E-state index in [1.165, 1.54) is 13.8 Å². The summed E-state index contributed by atoms with van der Waals surface area (Å²) in [6, 6.07) is 0. The van der Waals surface area contributed by atoms with E-state index in [2.05, 4.69) is 0 Å². The van der Waals surface area contributed by atoms with Crippen molar-refractivity contribution in [2.45, 2.75) is 20.0 Å². The van der Waals surface area contributed by atoms with Gasteiger partial charge in [-0.3, -0.25) is 0 Å². The predicted molar refractivity (Wildman–Crippen MR) is 35.4 cm³/mol. The summed E-state index contributed by atoms with van der Waals surface area (Å²) >= 11 is 0. The fraction of sp³-hybridized carbons (Fsp3) is 0.833. The predicted octanol–water partition coefficient (Wildman–Crippen LogP) is 0.394. The maximum atomic E-state index is 12.6. The van der Waals surface area contributed by atoms with Crippen molar-refractivity contribution in [1.82, 2.24) is 0 Å². The highest BCUT2D eigenvalue weighted by Crippen LogP contribution is 2.21. The molecule has 0 aliphatic heterocycles. The van der Waals surface area contributed by atoms with E-state index in [0.717, 1.165) is 0 Å². The Kier molecular flexibility index (Phi) is 2.77. The molecule has 0 aliphatic rings. The van der Waals surface area contributed by atoms with Crippen LogP contribution in [0.15, 0.2) is 0 Å². The molecule has 0 amide bonds. The SMILES string of the molecule is CC(C)(CN)C(F)C(=O)O. The van der Waals surface area contributed by atoms with Gasteiger partial charge in [0, 0.05) is 12.0 Å². The molecule has 0 saturated carbocycles. The second-order valence-electron chi connectivity index (χ2n) is 2.89. The van der Waals surface area contributed by atoms with E-state index in [-0.39, 0.29) is 6.54 Å². The summed E-state index contributed by atoms with van der Waals surface area (Å²) in [7, 11) is 0. The van der Waals surface area contributed by atoms with Crippen molar-refractivity contribution in [1.29, 1.82) is 0 Å². The lowest BCUT2D eigenvalue weighted by Gasteiger charge is -2.23. The van der Waals surface area contributed by atoms with Crippen LogP contribution in [-0.4, -0.2) is 23.8 Å². The Morgan fingerprint density at radius 2 is 2.20 bits per heavy atom. The van der Waals surface area contributed by atoms with Crippen LogP contribution >= 0.6 is 0 Å². The molecule has 1 unspecified atom stereocenters. The highest BCUT2D eigenvalue weighted by Gasteiger charge is 2.33. The Hall–Kier alpha value is -0.640. The van der Waals surface area contributed by atoms with Gasteiger partial charge in [0.1, 0.15) is 0 Å². The normalized spacial score (nSPS) is 14.8. The first-order chi connectivity index (χ1) is 4.41. The number of carbonyl (C=O) groups is 1. The fourth-order valence-electron chi connectivity index (χ4n) is 0.438. The molecule has 0 aromatic rings. The second-order valence-corrected chi connectivity index (χ2v) is 2.89. The van der Waals surface area contributed by atoms with E-state index in [1.807, 2.05) is 0 Å². The third kappa shape index (κ3) is 1.95. The Bertz CT molecular complexity index is 136. The van der Waals surface area contributed by atoms with Crippen molar-refractivity contribution in [2.75, 3.05) is 6.54 Å². The molecular weight excluding hydrogens is 137 g/mol. The van der Waals surface area contributed by atoms with Crippen LogP contribution in [0.2, 0.25) is 0 Å². The Balaban J connectivity index is 4.17. The molecule has 1 atom stereocenters. The molecule has 0 aliphatic carbocycles. The maximum Gasteiger partial charge on any atom is 0.338 e. The summed E-state index contributed by atoms with van der Waals surface area (Å²) < 4.78 is 12.6. The van der Waals surface area contributed by atoms with E-state index < -0.39 is 17.6 Å². The first-order valence-corrected chi connectivity index (χ1v) is 2.99. The largest absolute Gasteiger partial charge is 0.479 e. The molecule has 0 radical (unpaired) electrons. The minimum atomic E-state index is -1.88. The molecule has 0 rings (SSSR count). The van der Waals surface area contributed by atoms with Gasteiger partial charge in [-0.25, -0.2) is 9.18 Å². The summed E-state index contributed by atoms with van der Waals surface area (Å²) in [4.78, 5) is 10.1. The quantitative estimate of drug-likeness (QED) is 0.610. The van der Waals surface area contributed by atoms with Gasteiger partial charge in [-0.2, -0.15) is 0 Å². The van der Waals surface area contributed by atoms with Crippen molar-refractivity contribution in [3.63, 3.8) is 0 Å².